The normalized spacial score (nSPS) is 10.6. The van der Waals surface area contributed by atoms with E-state index in [9.17, 15) is 0 Å². The van der Waals surface area contributed by atoms with E-state index in [0.29, 0.717) is 0 Å². The average Bonchev–Trinajstić information content (AvgIpc) is 2.29. The Morgan fingerprint density at radius 2 is 2.06 bits per heavy atom. The molecule has 16 heavy (non-hydrogen) atoms. The Bertz CT molecular complexity index is 363. The van der Waals surface area contributed by atoms with Crippen LogP contribution in [0.3, 0.4) is 0 Å². The van der Waals surface area contributed by atoms with Crippen molar-refractivity contribution in [1.29, 1.82) is 0 Å². The number of benzene rings is 1. The lowest BCUT2D eigenvalue weighted by Gasteiger charge is -2.15. The molecule has 0 aliphatic carbocycles. The van der Waals surface area contributed by atoms with Gasteiger partial charge in [-0.25, -0.2) is 0 Å². The number of methoxy groups -OCH3 is 1. The lowest BCUT2D eigenvalue weighted by atomic mass is 10.0. The van der Waals surface area contributed by atoms with E-state index in [2.05, 4.69) is 12.2 Å². The number of nitrogens with one attached hydrogen (secondary N) is 1. The fourth-order valence-electron chi connectivity index (χ4n) is 1.75. The minimum atomic E-state index is 0.808. The van der Waals surface area contributed by atoms with Crippen molar-refractivity contribution in [1.82, 2.24) is 5.32 Å². The van der Waals surface area contributed by atoms with Gasteiger partial charge in [-0.3, -0.25) is 0 Å². The topological polar surface area (TPSA) is 21.3 Å². The molecule has 0 unspecified atom stereocenters. The zero-order valence-electron chi connectivity index (χ0n) is 10.5. The third kappa shape index (κ3) is 2.89. The molecule has 2 nitrogen and oxygen atoms in total. The lowest BCUT2D eigenvalue weighted by Crippen LogP contribution is -2.15. The summed E-state index contributed by atoms with van der Waals surface area (Å²) in [5, 5.41) is 4.22. The Morgan fingerprint density at radius 1 is 1.38 bits per heavy atom. The summed E-state index contributed by atoms with van der Waals surface area (Å²) in [4.78, 5) is 0. The summed E-state index contributed by atoms with van der Waals surface area (Å²) in [7, 11) is 1.70. The fourth-order valence-corrected chi connectivity index (χ4v) is 1.92. The first kappa shape index (κ1) is 13.3. The van der Waals surface area contributed by atoms with E-state index in [4.69, 9.17) is 16.3 Å². The van der Waals surface area contributed by atoms with Crippen LogP contribution in [0.1, 0.15) is 30.0 Å². The van der Waals surface area contributed by atoms with Gasteiger partial charge in [0, 0.05) is 17.1 Å². The van der Waals surface area contributed by atoms with Gasteiger partial charge >= 0.3 is 0 Å². The standard InChI is InChI=1S/C13H20ClNO/c1-5-6-15-8-11-10(3)13(14)9(2)7-12(11)16-4/h7,15H,5-6,8H2,1-4H3. The second kappa shape index (κ2) is 6.12. The number of hydrogen-bond acceptors (Lipinski definition) is 2. The second-order valence-electron chi connectivity index (χ2n) is 3.99. The largest absolute Gasteiger partial charge is 0.496 e. The second-order valence-corrected chi connectivity index (χ2v) is 4.37. The smallest absolute Gasteiger partial charge is 0.123 e. The molecular weight excluding hydrogens is 222 g/mol. The maximum absolute atomic E-state index is 6.24. The quantitative estimate of drug-likeness (QED) is 0.798. The lowest BCUT2D eigenvalue weighted by molar-refractivity contribution is 0.407. The SMILES string of the molecule is CCCNCc1c(OC)cc(C)c(Cl)c1C. The van der Waals surface area contributed by atoms with Crippen molar-refractivity contribution in [2.24, 2.45) is 0 Å². The minimum absolute atomic E-state index is 0.808. The molecule has 0 aliphatic heterocycles. The molecule has 1 N–H and O–H groups in total. The van der Waals surface area contributed by atoms with Crippen LogP contribution in [0.25, 0.3) is 0 Å². The minimum Gasteiger partial charge on any atom is -0.496 e. The molecular formula is C13H20ClNO. The van der Waals surface area contributed by atoms with Gasteiger partial charge in [0.15, 0.2) is 0 Å². The first-order valence-corrected chi connectivity index (χ1v) is 6.02. The van der Waals surface area contributed by atoms with Crippen molar-refractivity contribution in [3.05, 3.63) is 27.8 Å². The Balaban J connectivity index is 3.00. The van der Waals surface area contributed by atoms with Crippen LogP contribution in [0.5, 0.6) is 5.75 Å². The highest BCUT2D eigenvalue weighted by Crippen LogP contribution is 2.31. The maximum atomic E-state index is 6.24. The van der Waals surface area contributed by atoms with Crippen molar-refractivity contribution in [2.45, 2.75) is 33.7 Å². The van der Waals surface area contributed by atoms with Gasteiger partial charge in [-0.15, -0.1) is 0 Å². The maximum Gasteiger partial charge on any atom is 0.123 e. The van der Waals surface area contributed by atoms with Crippen LogP contribution >= 0.6 is 11.6 Å². The molecule has 0 atom stereocenters. The molecule has 0 heterocycles. The molecule has 0 radical (unpaired) electrons. The predicted octanol–water partition coefficient (Wildman–Crippen LogP) is 3.47. The number of rotatable bonds is 5. The van der Waals surface area contributed by atoms with E-state index in [1.807, 2.05) is 19.9 Å². The zero-order chi connectivity index (χ0) is 12.1. The van der Waals surface area contributed by atoms with E-state index in [1.165, 1.54) is 0 Å². The fraction of sp³-hybridized carbons (Fsp3) is 0.538. The van der Waals surface area contributed by atoms with Gasteiger partial charge in [0.05, 0.1) is 7.11 Å². The molecule has 0 saturated carbocycles. The highest BCUT2D eigenvalue weighted by atomic mass is 35.5. The van der Waals surface area contributed by atoms with E-state index < -0.39 is 0 Å². The van der Waals surface area contributed by atoms with Crippen molar-refractivity contribution in [2.75, 3.05) is 13.7 Å². The van der Waals surface area contributed by atoms with Gasteiger partial charge in [0.25, 0.3) is 0 Å². The van der Waals surface area contributed by atoms with E-state index in [-0.39, 0.29) is 0 Å². The summed E-state index contributed by atoms with van der Waals surface area (Å²) < 4.78 is 5.39. The van der Waals surface area contributed by atoms with Gasteiger partial charge in [-0.2, -0.15) is 0 Å². The zero-order valence-corrected chi connectivity index (χ0v) is 11.2. The molecule has 3 heteroatoms. The Hall–Kier alpha value is -0.730. The van der Waals surface area contributed by atoms with Crippen LogP contribution in [0.15, 0.2) is 6.07 Å². The summed E-state index contributed by atoms with van der Waals surface area (Å²) in [6.07, 6.45) is 1.13. The Morgan fingerprint density at radius 3 is 2.62 bits per heavy atom. The number of aryl methyl sites for hydroxylation is 1. The summed E-state index contributed by atoms with van der Waals surface area (Å²) in [5.74, 6) is 0.919. The van der Waals surface area contributed by atoms with Gasteiger partial charge in [-0.1, -0.05) is 18.5 Å². The van der Waals surface area contributed by atoms with Crippen LogP contribution in [-0.4, -0.2) is 13.7 Å². The van der Waals surface area contributed by atoms with E-state index in [1.54, 1.807) is 7.11 Å². The van der Waals surface area contributed by atoms with Crippen LogP contribution in [0, 0.1) is 13.8 Å². The molecule has 1 aromatic carbocycles. The van der Waals surface area contributed by atoms with Crippen LogP contribution in [-0.2, 0) is 6.54 Å². The third-order valence-electron chi connectivity index (χ3n) is 2.72. The van der Waals surface area contributed by atoms with Crippen molar-refractivity contribution >= 4 is 11.6 Å². The molecule has 0 saturated heterocycles. The van der Waals surface area contributed by atoms with Crippen LogP contribution in [0.4, 0.5) is 0 Å². The highest BCUT2D eigenvalue weighted by molar-refractivity contribution is 6.32. The Labute approximate surface area is 103 Å². The molecule has 0 aliphatic rings. The third-order valence-corrected chi connectivity index (χ3v) is 3.30. The van der Waals surface area contributed by atoms with E-state index in [0.717, 1.165) is 47.0 Å². The predicted molar refractivity (Wildman–Crippen MR) is 69.5 cm³/mol. The molecule has 1 rings (SSSR count). The molecule has 0 fully saturated rings. The highest BCUT2D eigenvalue weighted by Gasteiger charge is 2.11. The van der Waals surface area contributed by atoms with Gasteiger partial charge in [0.2, 0.25) is 0 Å². The van der Waals surface area contributed by atoms with Gasteiger partial charge in [0.1, 0.15) is 5.75 Å². The molecule has 90 valence electrons. The molecule has 0 spiro atoms. The molecule has 1 aromatic rings. The van der Waals surface area contributed by atoms with Crippen LogP contribution in [0.2, 0.25) is 5.02 Å². The van der Waals surface area contributed by atoms with Crippen molar-refractivity contribution in [3.63, 3.8) is 0 Å². The van der Waals surface area contributed by atoms with Crippen molar-refractivity contribution < 1.29 is 4.74 Å². The molecule has 0 bridgehead atoms. The number of hydrogen-bond donors (Lipinski definition) is 1. The van der Waals surface area contributed by atoms with E-state index >= 15 is 0 Å². The number of halogens is 1. The summed E-state index contributed by atoms with van der Waals surface area (Å²) >= 11 is 6.24. The molecule has 0 amide bonds. The average molecular weight is 242 g/mol. The first-order chi connectivity index (χ1) is 7.61. The summed E-state index contributed by atoms with van der Waals surface area (Å²) in [5.41, 5.74) is 3.34. The first-order valence-electron chi connectivity index (χ1n) is 5.65. The monoisotopic (exact) mass is 241 g/mol. The summed E-state index contributed by atoms with van der Waals surface area (Å²) in [6, 6.07) is 2.00. The number of ether oxygens (including phenoxy) is 1. The Kier molecular flexibility index (Phi) is 5.10. The van der Waals surface area contributed by atoms with Gasteiger partial charge < -0.3 is 10.1 Å². The van der Waals surface area contributed by atoms with Gasteiger partial charge in [-0.05, 0) is 44.0 Å². The van der Waals surface area contributed by atoms with Crippen LogP contribution < -0.4 is 10.1 Å². The van der Waals surface area contributed by atoms with Crippen molar-refractivity contribution in [3.8, 4) is 5.75 Å². The summed E-state index contributed by atoms with van der Waals surface area (Å²) in [6.45, 7) is 8.01. The molecule has 0 aromatic heterocycles.